The summed E-state index contributed by atoms with van der Waals surface area (Å²) in [5.41, 5.74) is 0.911. The molecule has 0 atom stereocenters. The molecule has 0 radical (unpaired) electrons. The smallest absolute Gasteiger partial charge is 0.249 e. The molecule has 2 aromatic heterocycles. The summed E-state index contributed by atoms with van der Waals surface area (Å²) < 4.78 is 1.58. The Labute approximate surface area is 125 Å². The van der Waals surface area contributed by atoms with Crippen LogP contribution in [0.3, 0.4) is 0 Å². The zero-order chi connectivity index (χ0) is 15.2. The van der Waals surface area contributed by atoms with Crippen molar-refractivity contribution in [3.63, 3.8) is 0 Å². The van der Waals surface area contributed by atoms with Crippen LogP contribution < -0.4 is 5.32 Å². The van der Waals surface area contributed by atoms with Gasteiger partial charge in [-0.25, -0.2) is 4.68 Å². The Kier molecular flexibility index (Phi) is 4.14. The molecular weight excluding hydrogens is 284 g/mol. The predicted octanol–water partition coefficient (Wildman–Crippen LogP) is 0.877. The number of tetrazole rings is 1. The summed E-state index contributed by atoms with van der Waals surface area (Å²) in [6.45, 7) is 0.587. The van der Waals surface area contributed by atoms with Crippen molar-refractivity contribution in [3.8, 4) is 11.4 Å². The standard InChI is InChI=1S/C13H14N8O/c22-11(7-4-8-21-9-14-19-20-21)15-13-16-12(17-18-13)10-5-2-1-3-6-10/h1-3,5-6,9H,4,7-8H2,(H2,15,16,17,18,22). The Balaban J connectivity index is 1.50. The van der Waals surface area contributed by atoms with Gasteiger partial charge in [0.05, 0.1) is 0 Å². The van der Waals surface area contributed by atoms with Crippen molar-refractivity contribution in [3.05, 3.63) is 36.7 Å². The number of nitrogens with one attached hydrogen (secondary N) is 2. The highest BCUT2D eigenvalue weighted by molar-refractivity contribution is 5.89. The van der Waals surface area contributed by atoms with E-state index in [9.17, 15) is 4.79 Å². The van der Waals surface area contributed by atoms with Crippen LogP contribution in [0.5, 0.6) is 0 Å². The average Bonchev–Trinajstić information content (AvgIpc) is 3.20. The maximum absolute atomic E-state index is 11.8. The molecule has 1 aromatic carbocycles. The van der Waals surface area contributed by atoms with Crippen LogP contribution in [0.1, 0.15) is 12.8 Å². The molecule has 112 valence electrons. The number of hydrogen-bond donors (Lipinski definition) is 2. The number of benzene rings is 1. The summed E-state index contributed by atoms with van der Waals surface area (Å²) in [4.78, 5) is 16.1. The number of nitrogens with zero attached hydrogens (tertiary/aromatic N) is 6. The molecular formula is C13H14N8O. The van der Waals surface area contributed by atoms with E-state index < -0.39 is 0 Å². The Morgan fingerprint density at radius 3 is 2.91 bits per heavy atom. The molecule has 0 fully saturated rings. The van der Waals surface area contributed by atoms with E-state index in [2.05, 4.69) is 36.0 Å². The van der Waals surface area contributed by atoms with Gasteiger partial charge < -0.3 is 0 Å². The first kappa shape index (κ1) is 13.9. The molecule has 3 aromatic rings. The third-order valence-electron chi connectivity index (χ3n) is 2.97. The third-order valence-corrected chi connectivity index (χ3v) is 2.97. The van der Waals surface area contributed by atoms with Crippen molar-refractivity contribution < 1.29 is 4.79 Å². The van der Waals surface area contributed by atoms with Gasteiger partial charge in [-0.1, -0.05) is 30.3 Å². The molecule has 0 unspecified atom stereocenters. The highest BCUT2D eigenvalue weighted by Gasteiger charge is 2.08. The Bertz CT molecular complexity index is 722. The van der Waals surface area contributed by atoms with Crippen molar-refractivity contribution in [2.24, 2.45) is 0 Å². The van der Waals surface area contributed by atoms with Crippen LogP contribution in [0.4, 0.5) is 5.95 Å². The van der Waals surface area contributed by atoms with Crippen LogP contribution in [0, 0.1) is 0 Å². The van der Waals surface area contributed by atoms with Gasteiger partial charge in [0.2, 0.25) is 11.9 Å². The van der Waals surface area contributed by atoms with Gasteiger partial charge in [-0.3, -0.25) is 15.2 Å². The minimum atomic E-state index is -0.147. The summed E-state index contributed by atoms with van der Waals surface area (Å²) in [7, 11) is 0. The molecule has 2 heterocycles. The number of aromatic nitrogens is 7. The van der Waals surface area contributed by atoms with Crippen LogP contribution in [-0.2, 0) is 11.3 Å². The third kappa shape index (κ3) is 3.51. The number of amides is 1. The van der Waals surface area contributed by atoms with Crippen molar-refractivity contribution >= 4 is 11.9 Å². The molecule has 9 heteroatoms. The fourth-order valence-electron chi connectivity index (χ4n) is 1.91. The highest BCUT2D eigenvalue weighted by atomic mass is 16.1. The number of anilines is 1. The van der Waals surface area contributed by atoms with Gasteiger partial charge in [0.1, 0.15) is 6.33 Å². The van der Waals surface area contributed by atoms with Gasteiger partial charge in [-0.05, 0) is 16.8 Å². The zero-order valence-electron chi connectivity index (χ0n) is 11.7. The molecule has 0 aliphatic carbocycles. The minimum absolute atomic E-state index is 0.147. The second kappa shape index (κ2) is 6.57. The lowest BCUT2D eigenvalue weighted by Crippen LogP contribution is -2.13. The highest BCUT2D eigenvalue weighted by Crippen LogP contribution is 2.14. The van der Waals surface area contributed by atoms with Gasteiger partial charge in [0, 0.05) is 18.5 Å². The summed E-state index contributed by atoms with van der Waals surface area (Å²) in [5.74, 6) is 0.738. The number of rotatable bonds is 6. The minimum Gasteiger partial charge on any atom is -0.293 e. The fourth-order valence-corrected chi connectivity index (χ4v) is 1.91. The number of hydrogen-bond acceptors (Lipinski definition) is 6. The molecule has 0 saturated carbocycles. The summed E-state index contributed by atoms with van der Waals surface area (Å²) in [5, 5.41) is 20.2. The van der Waals surface area contributed by atoms with Crippen molar-refractivity contribution in [1.82, 2.24) is 35.4 Å². The molecule has 2 N–H and O–H groups in total. The van der Waals surface area contributed by atoms with Crippen LogP contribution in [0.2, 0.25) is 0 Å². The molecule has 3 rings (SSSR count). The van der Waals surface area contributed by atoms with Crippen LogP contribution in [0.15, 0.2) is 36.7 Å². The number of aromatic amines is 1. The van der Waals surface area contributed by atoms with Crippen LogP contribution >= 0.6 is 0 Å². The van der Waals surface area contributed by atoms with Gasteiger partial charge in [-0.2, -0.15) is 4.98 Å². The zero-order valence-corrected chi connectivity index (χ0v) is 11.7. The van der Waals surface area contributed by atoms with Crippen LogP contribution in [0.25, 0.3) is 11.4 Å². The normalized spacial score (nSPS) is 10.5. The van der Waals surface area contributed by atoms with Gasteiger partial charge in [-0.15, -0.1) is 10.2 Å². The fraction of sp³-hybridized carbons (Fsp3) is 0.231. The van der Waals surface area contributed by atoms with Gasteiger partial charge in [0.25, 0.3) is 0 Å². The van der Waals surface area contributed by atoms with E-state index >= 15 is 0 Å². The monoisotopic (exact) mass is 298 g/mol. The number of carbonyl (C=O) groups excluding carboxylic acids is 1. The second-order valence-electron chi connectivity index (χ2n) is 4.60. The van der Waals surface area contributed by atoms with Crippen LogP contribution in [-0.4, -0.2) is 41.3 Å². The molecule has 0 spiro atoms. The maximum Gasteiger partial charge on any atom is 0.249 e. The molecule has 1 amide bonds. The first-order valence-corrected chi connectivity index (χ1v) is 6.80. The maximum atomic E-state index is 11.8. The summed E-state index contributed by atoms with van der Waals surface area (Å²) in [6.07, 6.45) is 2.49. The topological polar surface area (TPSA) is 114 Å². The lowest BCUT2D eigenvalue weighted by atomic mass is 10.2. The molecule has 0 bridgehead atoms. The largest absolute Gasteiger partial charge is 0.293 e. The van der Waals surface area contributed by atoms with Crippen molar-refractivity contribution in [2.75, 3.05) is 5.32 Å². The van der Waals surface area contributed by atoms with E-state index in [0.717, 1.165) is 5.56 Å². The predicted molar refractivity (Wildman–Crippen MR) is 77.5 cm³/mol. The molecule has 0 aliphatic rings. The first-order valence-electron chi connectivity index (χ1n) is 6.80. The molecule has 22 heavy (non-hydrogen) atoms. The lowest BCUT2D eigenvalue weighted by Gasteiger charge is -2.00. The van der Waals surface area contributed by atoms with Gasteiger partial charge >= 0.3 is 0 Å². The quantitative estimate of drug-likeness (QED) is 0.698. The number of H-pyrrole nitrogens is 1. The van der Waals surface area contributed by atoms with E-state index in [1.807, 2.05) is 30.3 Å². The number of aryl methyl sites for hydroxylation is 1. The Morgan fingerprint density at radius 1 is 1.27 bits per heavy atom. The molecule has 0 aliphatic heterocycles. The average molecular weight is 298 g/mol. The van der Waals surface area contributed by atoms with E-state index in [0.29, 0.717) is 25.2 Å². The van der Waals surface area contributed by atoms with E-state index in [4.69, 9.17) is 0 Å². The Hall–Kier alpha value is -3.10. The SMILES string of the molecule is O=C(CCCn1cnnn1)Nc1n[nH]c(-c2ccccc2)n1. The van der Waals surface area contributed by atoms with E-state index in [1.54, 1.807) is 4.68 Å². The van der Waals surface area contributed by atoms with Crippen molar-refractivity contribution in [1.29, 1.82) is 0 Å². The first-order chi connectivity index (χ1) is 10.8. The Morgan fingerprint density at radius 2 is 2.14 bits per heavy atom. The van der Waals surface area contributed by atoms with Crippen molar-refractivity contribution in [2.45, 2.75) is 19.4 Å². The van der Waals surface area contributed by atoms with E-state index in [-0.39, 0.29) is 11.9 Å². The number of carbonyl (C=O) groups is 1. The molecule has 0 saturated heterocycles. The second-order valence-corrected chi connectivity index (χ2v) is 4.60. The van der Waals surface area contributed by atoms with Gasteiger partial charge in [0.15, 0.2) is 5.82 Å². The summed E-state index contributed by atoms with van der Waals surface area (Å²) in [6, 6.07) is 9.58. The van der Waals surface area contributed by atoms with E-state index in [1.165, 1.54) is 6.33 Å². The summed E-state index contributed by atoms with van der Waals surface area (Å²) >= 11 is 0. The molecule has 9 nitrogen and oxygen atoms in total. The lowest BCUT2D eigenvalue weighted by molar-refractivity contribution is -0.116.